The summed E-state index contributed by atoms with van der Waals surface area (Å²) in [5, 5.41) is 10.3. The summed E-state index contributed by atoms with van der Waals surface area (Å²) in [7, 11) is -1.92. The van der Waals surface area contributed by atoms with E-state index in [4.69, 9.17) is 0 Å². The highest BCUT2D eigenvalue weighted by Gasteiger charge is 2.61. The molecule has 3 aliphatic carbocycles. The second kappa shape index (κ2) is 6.31. The third-order valence-corrected chi connectivity index (χ3v) is 9.29. The summed E-state index contributed by atoms with van der Waals surface area (Å²) in [6.45, 7) is 2.88. The van der Waals surface area contributed by atoms with E-state index in [-0.39, 0.29) is 22.2 Å². The quantitative estimate of drug-likeness (QED) is 0.770. The Hall–Kier alpha value is -0.920. The van der Waals surface area contributed by atoms with Crippen LogP contribution in [0.15, 0.2) is 21.9 Å². The van der Waals surface area contributed by atoms with Gasteiger partial charge in [-0.2, -0.15) is 4.31 Å². The molecule has 1 atom stereocenters. The van der Waals surface area contributed by atoms with E-state index in [1.54, 1.807) is 11.4 Å². The number of thioether (sulfide) groups is 1. The van der Waals surface area contributed by atoms with Crippen LogP contribution >= 0.6 is 11.8 Å². The average molecular weight is 397 g/mol. The highest BCUT2D eigenvalue weighted by atomic mass is 32.2. The van der Waals surface area contributed by atoms with Crippen molar-refractivity contribution >= 4 is 27.5 Å². The highest BCUT2D eigenvalue weighted by Crippen LogP contribution is 2.62. The predicted molar refractivity (Wildman–Crippen MR) is 106 cm³/mol. The molecule has 144 valence electrons. The molecule has 0 saturated heterocycles. The van der Waals surface area contributed by atoms with Gasteiger partial charge in [0, 0.05) is 31.2 Å². The van der Waals surface area contributed by atoms with Gasteiger partial charge in [0.15, 0.2) is 0 Å². The minimum atomic E-state index is -3.62. The van der Waals surface area contributed by atoms with Gasteiger partial charge in [-0.15, -0.1) is 11.8 Å². The number of aromatic hydroxyl groups is 1. The molecule has 1 aromatic carbocycles. The van der Waals surface area contributed by atoms with Crippen molar-refractivity contribution < 1.29 is 13.5 Å². The number of nitrogens with zero attached hydrogens (tertiary/aromatic N) is 2. The Morgan fingerprint density at radius 2 is 2.00 bits per heavy atom. The van der Waals surface area contributed by atoms with E-state index in [1.807, 2.05) is 12.3 Å². The highest BCUT2D eigenvalue weighted by molar-refractivity contribution is 7.98. The summed E-state index contributed by atoms with van der Waals surface area (Å²) in [4.78, 5) is 3.38. The van der Waals surface area contributed by atoms with Crippen LogP contribution in [0.1, 0.15) is 45.4 Å². The zero-order chi connectivity index (χ0) is 18.7. The lowest BCUT2D eigenvalue weighted by Gasteiger charge is -2.67. The van der Waals surface area contributed by atoms with Crippen LogP contribution in [-0.4, -0.2) is 49.3 Å². The number of anilines is 1. The summed E-state index contributed by atoms with van der Waals surface area (Å²) < 4.78 is 28.2. The molecule has 1 N–H and O–H groups in total. The fourth-order valence-electron chi connectivity index (χ4n) is 4.82. The number of hydrogen-bond donors (Lipinski definition) is 1. The van der Waals surface area contributed by atoms with Gasteiger partial charge in [-0.05, 0) is 43.9 Å². The zero-order valence-corrected chi connectivity index (χ0v) is 17.4. The lowest BCUT2D eigenvalue weighted by atomic mass is 9.49. The Morgan fingerprint density at radius 1 is 1.31 bits per heavy atom. The molecular weight excluding hydrogens is 368 g/mol. The van der Waals surface area contributed by atoms with Gasteiger partial charge in [0.2, 0.25) is 10.0 Å². The molecule has 5 nitrogen and oxygen atoms in total. The van der Waals surface area contributed by atoms with E-state index in [9.17, 15) is 13.5 Å². The molecule has 0 unspecified atom stereocenters. The molecule has 2 bridgehead atoms. The molecule has 0 amide bonds. The van der Waals surface area contributed by atoms with Gasteiger partial charge in [0.05, 0.1) is 10.6 Å². The van der Waals surface area contributed by atoms with Gasteiger partial charge < -0.3 is 10.0 Å². The van der Waals surface area contributed by atoms with E-state index in [2.05, 4.69) is 11.8 Å². The van der Waals surface area contributed by atoms with Crippen LogP contribution in [0.2, 0.25) is 0 Å². The fourth-order valence-corrected chi connectivity index (χ4v) is 6.89. The number of unbranched alkanes of at least 4 members (excludes halogenated alkanes) is 1. The Bertz CT molecular complexity index is 807. The summed E-state index contributed by atoms with van der Waals surface area (Å²) in [5.41, 5.74) is 0.924. The number of hydrogen-bond acceptors (Lipinski definition) is 5. The molecule has 1 aromatic rings. The molecule has 3 saturated carbocycles. The molecular formula is C19H28N2O3S2. The second-order valence-electron chi connectivity index (χ2n) is 8.12. The Morgan fingerprint density at radius 3 is 2.54 bits per heavy atom. The standard InChI is InChI=1S/C19H28N2O3S2/c1-4-5-6-14-12-21(19-9-13(10-19)11-19)15-7-17(25-3)16(22)8-18(15)26(23,24)20(14)2/h7-8,13-14,22H,4-6,9-12H2,1-3H3/t13?,14-,19?/m1/s1. The van der Waals surface area contributed by atoms with Crippen molar-refractivity contribution in [2.75, 3.05) is 24.7 Å². The van der Waals surface area contributed by atoms with Crippen LogP contribution in [0.3, 0.4) is 0 Å². The minimum Gasteiger partial charge on any atom is -0.507 e. The second-order valence-corrected chi connectivity index (χ2v) is 10.9. The fraction of sp³-hybridized carbons (Fsp3) is 0.684. The first-order valence-electron chi connectivity index (χ1n) is 9.49. The summed E-state index contributed by atoms with van der Waals surface area (Å²) in [5.74, 6) is 0.875. The number of sulfonamides is 1. The first-order chi connectivity index (χ1) is 12.3. The lowest BCUT2D eigenvalue weighted by Crippen LogP contribution is -2.69. The molecule has 0 radical (unpaired) electrons. The normalized spacial score (nSPS) is 32.3. The lowest BCUT2D eigenvalue weighted by molar-refractivity contribution is -0.0270. The molecule has 7 heteroatoms. The van der Waals surface area contributed by atoms with Crippen molar-refractivity contribution in [3.8, 4) is 5.75 Å². The molecule has 26 heavy (non-hydrogen) atoms. The first kappa shape index (κ1) is 18.4. The van der Waals surface area contributed by atoms with E-state index in [0.29, 0.717) is 0 Å². The number of phenolic OH excluding ortho intramolecular Hbond substituents is 1. The monoisotopic (exact) mass is 396 g/mol. The molecule has 3 fully saturated rings. The zero-order valence-electron chi connectivity index (χ0n) is 15.7. The van der Waals surface area contributed by atoms with Crippen molar-refractivity contribution in [3.05, 3.63) is 12.1 Å². The van der Waals surface area contributed by atoms with Crippen molar-refractivity contribution in [1.82, 2.24) is 4.31 Å². The molecule has 1 aliphatic heterocycles. The van der Waals surface area contributed by atoms with Gasteiger partial charge in [-0.25, -0.2) is 8.42 Å². The van der Waals surface area contributed by atoms with E-state index >= 15 is 0 Å². The Balaban J connectivity index is 1.85. The number of rotatable bonds is 5. The summed E-state index contributed by atoms with van der Waals surface area (Å²) in [6.07, 6.45) is 8.38. The van der Waals surface area contributed by atoms with Crippen LogP contribution < -0.4 is 4.90 Å². The van der Waals surface area contributed by atoms with Gasteiger partial charge >= 0.3 is 0 Å². The number of likely N-dealkylation sites (N-methyl/N-ethyl adjacent to an activating group) is 1. The van der Waals surface area contributed by atoms with Crippen LogP contribution in [0, 0.1) is 5.92 Å². The van der Waals surface area contributed by atoms with Crippen molar-refractivity contribution in [2.24, 2.45) is 5.92 Å². The third kappa shape index (κ3) is 2.58. The van der Waals surface area contributed by atoms with Crippen LogP contribution in [0.5, 0.6) is 5.75 Å². The first-order valence-corrected chi connectivity index (χ1v) is 12.2. The summed E-state index contributed by atoms with van der Waals surface area (Å²) in [6, 6.07) is 3.33. The SMILES string of the molecule is CCCC[C@@H]1CN(C23CC(C2)C3)c2cc(SC)c(O)cc2S(=O)(=O)N1C. The molecule has 0 aromatic heterocycles. The number of phenols is 1. The summed E-state index contributed by atoms with van der Waals surface area (Å²) >= 11 is 1.46. The van der Waals surface area contributed by atoms with Crippen LogP contribution in [-0.2, 0) is 10.0 Å². The number of benzene rings is 1. The topological polar surface area (TPSA) is 60.9 Å². The molecule has 5 rings (SSSR count). The maximum atomic E-state index is 13.3. The van der Waals surface area contributed by atoms with Crippen LogP contribution in [0.4, 0.5) is 5.69 Å². The van der Waals surface area contributed by atoms with Crippen LogP contribution in [0.25, 0.3) is 0 Å². The van der Waals surface area contributed by atoms with Gasteiger partial charge in [-0.3, -0.25) is 0 Å². The largest absolute Gasteiger partial charge is 0.507 e. The van der Waals surface area contributed by atoms with Crippen molar-refractivity contribution in [3.63, 3.8) is 0 Å². The minimum absolute atomic E-state index is 0.0266. The van der Waals surface area contributed by atoms with Crippen molar-refractivity contribution in [1.29, 1.82) is 0 Å². The Kier molecular flexibility index (Phi) is 4.48. The predicted octanol–water partition coefficient (Wildman–Crippen LogP) is 3.67. The van der Waals surface area contributed by atoms with Gasteiger partial charge in [-0.1, -0.05) is 19.8 Å². The van der Waals surface area contributed by atoms with Gasteiger partial charge in [0.25, 0.3) is 0 Å². The molecule has 4 aliphatic rings. The average Bonchev–Trinajstić information content (AvgIpc) is 2.59. The van der Waals surface area contributed by atoms with Crippen molar-refractivity contribution in [2.45, 2.75) is 66.8 Å². The maximum Gasteiger partial charge on any atom is 0.245 e. The molecule has 0 spiro atoms. The maximum absolute atomic E-state index is 13.3. The third-order valence-electron chi connectivity index (χ3n) is 6.59. The van der Waals surface area contributed by atoms with E-state index in [1.165, 1.54) is 37.1 Å². The van der Waals surface area contributed by atoms with E-state index < -0.39 is 10.0 Å². The smallest absolute Gasteiger partial charge is 0.245 e. The molecule has 1 heterocycles. The number of fused-ring (bicyclic) bond motifs is 1. The van der Waals surface area contributed by atoms with Gasteiger partial charge in [0.1, 0.15) is 10.6 Å². The van der Waals surface area contributed by atoms with E-state index in [0.717, 1.165) is 42.3 Å². The Labute approximate surface area is 160 Å².